The Morgan fingerprint density at radius 3 is 2.15 bits per heavy atom. The molecule has 1 aliphatic rings. The van der Waals surface area contributed by atoms with Crippen LogP contribution in [-0.4, -0.2) is 43.8 Å². The van der Waals surface area contributed by atoms with Crippen LogP contribution >= 0.6 is 23.2 Å². The van der Waals surface area contributed by atoms with Gasteiger partial charge in [-0.2, -0.15) is 0 Å². The minimum Gasteiger partial charge on any atom is -0.352 e. The third-order valence-electron chi connectivity index (χ3n) is 8.92. The van der Waals surface area contributed by atoms with E-state index in [0.29, 0.717) is 15.7 Å². The Morgan fingerprint density at radius 2 is 1.48 bits per heavy atom. The minimum atomic E-state index is -4.23. The number of benzene rings is 4. The maximum atomic E-state index is 14.7. The van der Waals surface area contributed by atoms with Crippen LogP contribution in [0.1, 0.15) is 54.4 Å². The summed E-state index contributed by atoms with van der Waals surface area (Å²) in [5, 5.41) is 4.11. The molecule has 0 aliphatic heterocycles. The Kier molecular flexibility index (Phi) is 11.8. The number of hydrogen-bond donors (Lipinski definition) is 1. The van der Waals surface area contributed by atoms with Crippen molar-refractivity contribution in [1.29, 1.82) is 0 Å². The summed E-state index contributed by atoms with van der Waals surface area (Å²) < 4.78 is 29.7. The molecule has 1 aliphatic carbocycles. The lowest BCUT2D eigenvalue weighted by Gasteiger charge is -2.35. The van der Waals surface area contributed by atoms with Crippen molar-refractivity contribution >= 4 is 50.7 Å². The first-order valence-corrected chi connectivity index (χ1v) is 18.4. The molecule has 5 rings (SSSR count). The van der Waals surface area contributed by atoms with E-state index in [1.807, 2.05) is 56.3 Å². The summed E-state index contributed by atoms with van der Waals surface area (Å²) in [5.41, 5.74) is 3.80. The molecule has 2 amide bonds. The first kappa shape index (κ1) is 35.5. The molecule has 1 fully saturated rings. The van der Waals surface area contributed by atoms with Gasteiger partial charge in [0.05, 0.1) is 10.6 Å². The maximum Gasteiger partial charge on any atom is 0.264 e. The number of hydrogen-bond acceptors (Lipinski definition) is 4. The number of carbonyl (C=O) groups excluding carboxylic acids is 2. The lowest BCUT2D eigenvalue weighted by Crippen LogP contribution is -2.55. The summed E-state index contributed by atoms with van der Waals surface area (Å²) >= 11 is 12.5. The van der Waals surface area contributed by atoms with E-state index in [9.17, 15) is 18.0 Å². The van der Waals surface area contributed by atoms with Gasteiger partial charge in [0.2, 0.25) is 11.8 Å². The monoisotopic (exact) mass is 705 g/mol. The Balaban J connectivity index is 1.58. The summed E-state index contributed by atoms with van der Waals surface area (Å²) in [4.78, 5) is 30.4. The van der Waals surface area contributed by atoms with Gasteiger partial charge >= 0.3 is 0 Å². The van der Waals surface area contributed by atoms with Crippen LogP contribution in [0.4, 0.5) is 5.69 Å². The highest BCUT2D eigenvalue weighted by molar-refractivity contribution is 7.92. The van der Waals surface area contributed by atoms with E-state index in [0.717, 1.165) is 58.7 Å². The molecule has 1 N–H and O–H groups in total. The molecule has 1 saturated carbocycles. The van der Waals surface area contributed by atoms with Crippen LogP contribution in [0, 0.1) is 13.8 Å². The first-order valence-electron chi connectivity index (χ1n) is 16.2. The second-order valence-electron chi connectivity index (χ2n) is 12.4. The third kappa shape index (κ3) is 8.98. The Morgan fingerprint density at radius 1 is 0.792 bits per heavy atom. The highest BCUT2D eigenvalue weighted by Gasteiger charge is 2.35. The molecule has 0 aromatic heterocycles. The molecule has 48 heavy (non-hydrogen) atoms. The Bertz CT molecular complexity index is 1830. The zero-order valence-electron chi connectivity index (χ0n) is 27.2. The number of nitrogens with zero attached hydrogens (tertiary/aromatic N) is 2. The van der Waals surface area contributed by atoms with Gasteiger partial charge in [-0.3, -0.25) is 13.9 Å². The van der Waals surface area contributed by atoms with Gasteiger partial charge in [0.1, 0.15) is 12.6 Å². The molecule has 4 aromatic carbocycles. The van der Waals surface area contributed by atoms with Crippen molar-refractivity contribution in [3.63, 3.8) is 0 Å². The molecule has 1 atom stereocenters. The molecule has 1 unspecified atom stereocenters. The zero-order valence-corrected chi connectivity index (χ0v) is 29.6. The molecule has 10 heteroatoms. The quantitative estimate of drug-likeness (QED) is 0.162. The van der Waals surface area contributed by atoms with Crippen molar-refractivity contribution in [2.45, 2.75) is 75.9 Å². The second kappa shape index (κ2) is 16.0. The molecule has 0 radical (unpaired) electrons. The summed E-state index contributed by atoms with van der Waals surface area (Å²) in [5.74, 6) is -0.787. The lowest BCUT2D eigenvalue weighted by molar-refractivity contribution is -0.140. The number of rotatable bonds is 12. The molecule has 0 heterocycles. The van der Waals surface area contributed by atoms with Crippen molar-refractivity contribution in [1.82, 2.24) is 10.2 Å². The molecule has 0 bridgehead atoms. The van der Waals surface area contributed by atoms with E-state index in [4.69, 9.17) is 23.2 Å². The average molecular weight is 707 g/mol. The number of nitrogens with one attached hydrogen (secondary N) is 1. The standard InChI is InChI=1S/C38H41Cl2N3O4S/c1-27-16-19-34(22-28(27)2)43(48(46,47)35-20-17-31(39)18-21-35)26-37(44)42(25-30-12-9-13-32(40)23-30)36(24-29-10-5-3-6-11-29)38(45)41-33-14-7-4-8-15-33/h3,5-6,9-13,16-23,33,36H,4,7-8,14-15,24-26H2,1-2H3,(H,41,45). The maximum absolute atomic E-state index is 14.7. The topological polar surface area (TPSA) is 86.8 Å². The van der Waals surface area contributed by atoms with Crippen LogP contribution in [0.5, 0.6) is 0 Å². The van der Waals surface area contributed by atoms with Crippen molar-refractivity contribution in [3.8, 4) is 0 Å². The molecule has 7 nitrogen and oxygen atoms in total. The average Bonchev–Trinajstić information content (AvgIpc) is 3.07. The van der Waals surface area contributed by atoms with E-state index >= 15 is 0 Å². The van der Waals surface area contributed by atoms with Gasteiger partial charge in [-0.25, -0.2) is 8.42 Å². The van der Waals surface area contributed by atoms with Crippen LogP contribution in [0.25, 0.3) is 0 Å². The van der Waals surface area contributed by atoms with Crippen LogP contribution in [-0.2, 0) is 32.6 Å². The van der Waals surface area contributed by atoms with Crippen LogP contribution < -0.4 is 9.62 Å². The van der Waals surface area contributed by atoms with Crippen LogP contribution in [0.2, 0.25) is 10.0 Å². The fourth-order valence-electron chi connectivity index (χ4n) is 6.07. The Hall–Kier alpha value is -3.85. The van der Waals surface area contributed by atoms with Gasteiger partial charge in [0, 0.05) is 29.1 Å². The summed E-state index contributed by atoms with van der Waals surface area (Å²) in [7, 11) is -4.23. The van der Waals surface area contributed by atoms with Gasteiger partial charge in [-0.05, 0) is 97.5 Å². The van der Waals surface area contributed by atoms with Gasteiger partial charge in [-0.15, -0.1) is 0 Å². The van der Waals surface area contributed by atoms with Crippen molar-refractivity contribution in [3.05, 3.63) is 129 Å². The van der Waals surface area contributed by atoms with Crippen LogP contribution in [0.15, 0.2) is 102 Å². The predicted molar refractivity (Wildman–Crippen MR) is 193 cm³/mol. The highest BCUT2D eigenvalue weighted by atomic mass is 35.5. The molecule has 0 spiro atoms. The second-order valence-corrected chi connectivity index (χ2v) is 15.2. The summed E-state index contributed by atoms with van der Waals surface area (Å²) in [6, 6.07) is 26.9. The number of halogens is 2. The van der Waals surface area contributed by atoms with E-state index in [-0.39, 0.29) is 29.8 Å². The largest absolute Gasteiger partial charge is 0.352 e. The molecule has 252 valence electrons. The highest BCUT2D eigenvalue weighted by Crippen LogP contribution is 2.28. The normalized spacial score (nSPS) is 14.2. The molecular formula is C38H41Cl2N3O4S. The SMILES string of the molecule is Cc1ccc(N(CC(=O)N(Cc2cccc(Cl)c2)C(Cc2ccccc2)C(=O)NC2CCCCC2)S(=O)(=O)c2ccc(Cl)cc2)cc1C. The number of sulfonamides is 1. The predicted octanol–water partition coefficient (Wildman–Crippen LogP) is 7.89. The minimum absolute atomic E-state index is 0.00445. The summed E-state index contributed by atoms with van der Waals surface area (Å²) in [6.45, 7) is 3.35. The van der Waals surface area contributed by atoms with Gasteiger partial charge in [0.25, 0.3) is 10.0 Å². The number of aryl methyl sites for hydroxylation is 2. The zero-order chi connectivity index (χ0) is 34.3. The van der Waals surface area contributed by atoms with Gasteiger partial charge < -0.3 is 10.2 Å². The van der Waals surface area contributed by atoms with Crippen molar-refractivity contribution in [2.75, 3.05) is 10.8 Å². The smallest absolute Gasteiger partial charge is 0.264 e. The fourth-order valence-corrected chi connectivity index (χ4v) is 7.82. The number of anilines is 1. The van der Waals surface area contributed by atoms with E-state index in [1.165, 1.54) is 29.2 Å². The third-order valence-corrected chi connectivity index (χ3v) is 11.2. The molecular weight excluding hydrogens is 665 g/mol. The van der Waals surface area contributed by atoms with E-state index in [1.54, 1.807) is 30.3 Å². The first-order chi connectivity index (χ1) is 23.0. The van der Waals surface area contributed by atoms with Crippen molar-refractivity contribution in [2.24, 2.45) is 0 Å². The van der Waals surface area contributed by atoms with E-state index < -0.39 is 28.5 Å². The lowest BCUT2D eigenvalue weighted by atomic mass is 9.94. The van der Waals surface area contributed by atoms with Gasteiger partial charge in [-0.1, -0.05) is 91.0 Å². The fraction of sp³-hybridized carbons (Fsp3) is 0.316. The van der Waals surface area contributed by atoms with Crippen LogP contribution in [0.3, 0.4) is 0 Å². The Labute approximate surface area is 293 Å². The number of amides is 2. The van der Waals surface area contributed by atoms with Gasteiger partial charge in [0.15, 0.2) is 0 Å². The molecule has 4 aromatic rings. The summed E-state index contributed by atoms with van der Waals surface area (Å²) in [6.07, 6.45) is 5.21. The van der Waals surface area contributed by atoms with Crippen molar-refractivity contribution < 1.29 is 18.0 Å². The van der Waals surface area contributed by atoms with E-state index in [2.05, 4.69) is 5.32 Å². The number of carbonyl (C=O) groups is 2. The molecule has 0 saturated heterocycles.